The second-order valence-electron chi connectivity index (χ2n) is 10.2. The quantitative estimate of drug-likeness (QED) is 0.443. The highest BCUT2D eigenvalue weighted by Gasteiger charge is 2.33. The van der Waals surface area contributed by atoms with Gasteiger partial charge in [-0.05, 0) is 74.3 Å². The Morgan fingerprint density at radius 3 is 2.47 bits per heavy atom. The van der Waals surface area contributed by atoms with Crippen molar-refractivity contribution in [2.75, 3.05) is 19.6 Å². The molecule has 0 atom stereocenters. The van der Waals surface area contributed by atoms with E-state index < -0.39 is 16.0 Å². The first-order chi connectivity index (χ1) is 18.3. The second-order valence-corrected chi connectivity index (χ2v) is 12.1. The van der Waals surface area contributed by atoms with Crippen molar-refractivity contribution in [2.24, 2.45) is 5.92 Å². The van der Waals surface area contributed by atoms with Gasteiger partial charge in [-0.3, -0.25) is 9.78 Å². The average molecular weight is 536 g/mol. The minimum atomic E-state index is -3.85. The maximum absolute atomic E-state index is 13.5. The van der Waals surface area contributed by atoms with Crippen LogP contribution >= 0.6 is 0 Å². The SMILES string of the molecule is O=C(O)c1c2c(nc3ccc(S(=O)(=O)N4CCC(C(=O)NCCc5ccccc5)CC4)cc13)CCCCC2. The molecule has 0 radical (unpaired) electrons. The van der Waals surface area contributed by atoms with Gasteiger partial charge in [0.15, 0.2) is 0 Å². The van der Waals surface area contributed by atoms with Gasteiger partial charge in [0.05, 0.1) is 16.0 Å². The van der Waals surface area contributed by atoms with Crippen LogP contribution in [0.3, 0.4) is 0 Å². The van der Waals surface area contributed by atoms with Gasteiger partial charge in [-0.2, -0.15) is 4.31 Å². The highest BCUT2D eigenvalue weighted by molar-refractivity contribution is 7.89. The van der Waals surface area contributed by atoms with Gasteiger partial charge in [0.25, 0.3) is 0 Å². The molecule has 0 saturated carbocycles. The number of piperidine rings is 1. The van der Waals surface area contributed by atoms with Crippen molar-refractivity contribution >= 4 is 32.8 Å². The number of benzene rings is 2. The number of aryl methyl sites for hydroxylation is 1. The Kier molecular flexibility index (Phi) is 7.76. The topological polar surface area (TPSA) is 117 Å². The van der Waals surface area contributed by atoms with Crippen LogP contribution in [0.4, 0.5) is 0 Å². The van der Waals surface area contributed by atoms with Crippen molar-refractivity contribution < 1.29 is 23.1 Å². The fraction of sp³-hybridized carbons (Fsp3) is 0.414. The van der Waals surface area contributed by atoms with Gasteiger partial charge >= 0.3 is 5.97 Å². The van der Waals surface area contributed by atoms with Crippen molar-refractivity contribution in [1.29, 1.82) is 0 Å². The third kappa shape index (κ3) is 5.44. The zero-order valence-corrected chi connectivity index (χ0v) is 22.2. The number of carbonyl (C=O) groups is 2. The number of fused-ring (bicyclic) bond motifs is 2. The van der Waals surface area contributed by atoms with Crippen molar-refractivity contribution in [3.05, 3.63) is 70.9 Å². The second kappa shape index (κ2) is 11.2. The maximum atomic E-state index is 13.5. The van der Waals surface area contributed by atoms with Crippen molar-refractivity contribution in [2.45, 2.75) is 56.3 Å². The monoisotopic (exact) mass is 535 g/mol. The van der Waals surface area contributed by atoms with Gasteiger partial charge in [-0.15, -0.1) is 0 Å². The summed E-state index contributed by atoms with van der Waals surface area (Å²) in [5.41, 5.74) is 3.38. The predicted octanol–water partition coefficient (Wildman–Crippen LogP) is 3.96. The fourth-order valence-corrected chi connectivity index (χ4v) is 7.11. The van der Waals surface area contributed by atoms with Crippen molar-refractivity contribution in [3.8, 4) is 0 Å². The van der Waals surface area contributed by atoms with Crippen LogP contribution in [0.2, 0.25) is 0 Å². The summed E-state index contributed by atoms with van der Waals surface area (Å²) < 4.78 is 28.4. The number of amides is 1. The number of sulfonamides is 1. The molecule has 2 N–H and O–H groups in total. The molecular formula is C29H33N3O5S. The number of carboxylic acid groups (broad SMARTS) is 1. The summed E-state index contributed by atoms with van der Waals surface area (Å²) in [6, 6.07) is 14.5. The van der Waals surface area contributed by atoms with Gasteiger partial charge in [0.1, 0.15) is 0 Å². The first-order valence-electron chi connectivity index (χ1n) is 13.3. The lowest BCUT2D eigenvalue weighted by Gasteiger charge is -2.30. The molecule has 8 nitrogen and oxygen atoms in total. The summed E-state index contributed by atoms with van der Waals surface area (Å²) in [5.74, 6) is -1.32. The van der Waals surface area contributed by atoms with Gasteiger partial charge < -0.3 is 10.4 Å². The molecule has 3 aromatic rings. The Hall–Kier alpha value is -3.30. The largest absolute Gasteiger partial charge is 0.478 e. The van der Waals surface area contributed by atoms with E-state index in [1.165, 1.54) is 16.4 Å². The number of nitrogens with zero attached hydrogens (tertiary/aromatic N) is 2. The zero-order valence-electron chi connectivity index (χ0n) is 21.4. The lowest BCUT2D eigenvalue weighted by molar-refractivity contribution is -0.126. The molecule has 0 bridgehead atoms. The number of pyridine rings is 1. The van der Waals surface area contributed by atoms with Crippen LogP contribution in [0.5, 0.6) is 0 Å². The minimum absolute atomic E-state index is 0.0402. The fourth-order valence-electron chi connectivity index (χ4n) is 5.61. The van der Waals surface area contributed by atoms with E-state index in [0.717, 1.165) is 48.9 Å². The zero-order chi connectivity index (χ0) is 26.7. The average Bonchev–Trinajstić information content (AvgIpc) is 3.17. The minimum Gasteiger partial charge on any atom is -0.478 e. The molecule has 2 aliphatic rings. The third-order valence-electron chi connectivity index (χ3n) is 7.72. The highest BCUT2D eigenvalue weighted by atomic mass is 32.2. The Bertz CT molecular complexity index is 1450. The molecule has 1 aliphatic heterocycles. The van der Waals surface area contributed by atoms with E-state index in [2.05, 4.69) is 5.32 Å². The van der Waals surface area contributed by atoms with E-state index >= 15 is 0 Å². The lowest BCUT2D eigenvalue weighted by Crippen LogP contribution is -2.43. The molecule has 5 rings (SSSR count). The molecule has 200 valence electrons. The molecule has 1 aromatic heterocycles. The Morgan fingerprint density at radius 1 is 1.00 bits per heavy atom. The van der Waals surface area contributed by atoms with Crippen LogP contribution in [0, 0.1) is 5.92 Å². The van der Waals surface area contributed by atoms with Gasteiger partial charge in [-0.25, -0.2) is 13.2 Å². The Morgan fingerprint density at radius 2 is 1.74 bits per heavy atom. The number of hydrogen-bond acceptors (Lipinski definition) is 5. The summed E-state index contributed by atoms with van der Waals surface area (Å²) >= 11 is 0. The van der Waals surface area contributed by atoms with Crippen LogP contribution in [0.1, 0.15) is 59.3 Å². The van der Waals surface area contributed by atoms with E-state index in [0.29, 0.717) is 36.7 Å². The number of carbonyl (C=O) groups excluding carboxylic acids is 1. The molecule has 0 unspecified atom stereocenters. The molecule has 1 amide bonds. The van der Waals surface area contributed by atoms with Crippen LogP contribution in [-0.4, -0.2) is 54.3 Å². The number of hydrogen-bond donors (Lipinski definition) is 2. The molecule has 9 heteroatoms. The van der Waals surface area contributed by atoms with Crippen LogP contribution in [0.25, 0.3) is 10.9 Å². The summed E-state index contributed by atoms with van der Waals surface area (Å²) in [7, 11) is -3.85. The summed E-state index contributed by atoms with van der Waals surface area (Å²) in [4.78, 5) is 29.7. The normalized spacial score (nSPS) is 17.1. The molecular weight excluding hydrogens is 502 g/mol. The first-order valence-corrected chi connectivity index (χ1v) is 14.8. The molecule has 2 heterocycles. The number of aromatic nitrogens is 1. The van der Waals surface area contributed by atoms with Crippen molar-refractivity contribution in [1.82, 2.24) is 14.6 Å². The molecule has 1 fully saturated rings. The predicted molar refractivity (Wildman–Crippen MR) is 145 cm³/mol. The number of carboxylic acids is 1. The molecule has 38 heavy (non-hydrogen) atoms. The van der Waals surface area contributed by atoms with Crippen LogP contribution < -0.4 is 5.32 Å². The Labute approximate surface area is 223 Å². The van der Waals surface area contributed by atoms with E-state index in [1.54, 1.807) is 6.07 Å². The summed E-state index contributed by atoms with van der Waals surface area (Å²) in [5, 5.41) is 13.4. The van der Waals surface area contributed by atoms with Gasteiger partial charge in [-0.1, -0.05) is 36.8 Å². The molecule has 1 saturated heterocycles. The van der Waals surface area contributed by atoms with Gasteiger partial charge in [0.2, 0.25) is 15.9 Å². The molecule has 2 aromatic carbocycles. The van der Waals surface area contributed by atoms with E-state index in [-0.39, 0.29) is 35.4 Å². The van der Waals surface area contributed by atoms with E-state index in [1.807, 2.05) is 30.3 Å². The number of rotatable bonds is 7. The highest BCUT2D eigenvalue weighted by Crippen LogP contribution is 2.32. The standard InChI is InChI=1S/C29H33N3O5S/c33-28(30-16-13-20-7-3-1-4-8-20)21-14-17-32(18-15-21)38(36,37)22-11-12-26-24(19-22)27(29(34)35)23-9-5-2-6-10-25(23)31-26/h1,3-4,7-8,11-12,19,21H,2,5-6,9-10,13-18H2,(H,30,33)(H,34,35). The number of nitrogens with one attached hydrogen (secondary N) is 1. The van der Waals surface area contributed by atoms with Crippen LogP contribution in [-0.2, 0) is 34.1 Å². The smallest absolute Gasteiger partial charge is 0.336 e. The van der Waals surface area contributed by atoms with E-state index in [4.69, 9.17) is 4.98 Å². The van der Waals surface area contributed by atoms with E-state index in [9.17, 15) is 23.1 Å². The third-order valence-corrected chi connectivity index (χ3v) is 9.61. The van der Waals surface area contributed by atoms with Crippen LogP contribution in [0.15, 0.2) is 53.4 Å². The number of aromatic carboxylic acids is 1. The maximum Gasteiger partial charge on any atom is 0.336 e. The molecule has 0 spiro atoms. The van der Waals surface area contributed by atoms with Gasteiger partial charge in [0, 0.05) is 36.6 Å². The summed E-state index contributed by atoms with van der Waals surface area (Å²) in [6.45, 7) is 1.03. The summed E-state index contributed by atoms with van der Waals surface area (Å²) in [6.07, 6.45) is 5.90. The molecule has 1 aliphatic carbocycles. The lowest BCUT2D eigenvalue weighted by atomic mass is 9.97. The Balaban J connectivity index is 1.29. The van der Waals surface area contributed by atoms with Crippen molar-refractivity contribution in [3.63, 3.8) is 0 Å². The first kappa shape index (κ1) is 26.3.